The Morgan fingerprint density at radius 1 is 1.12 bits per heavy atom. The van der Waals surface area contributed by atoms with E-state index >= 15 is 0 Å². The number of carbonyl (C=O) groups excluding carboxylic acids is 2. The molecular formula is C19H19NO6. The monoisotopic (exact) mass is 357 g/mol. The maximum absolute atomic E-state index is 12.3. The molecule has 1 aliphatic rings. The summed E-state index contributed by atoms with van der Waals surface area (Å²) in [5.41, 5.74) is 2.14. The highest BCUT2D eigenvalue weighted by Crippen LogP contribution is 2.42. The maximum Gasteiger partial charge on any atom is 0.344 e. The van der Waals surface area contributed by atoms with Crippen molar-refractivity contribution in [2.24, 2.45) is 0 Å². The smallest absolute Gasteiger partial charge is 0.344 e. The van der Waals surface area contributed by atoms with Gasteiger partial charge in [0, 0.05) is 11.3 Å². The minimum atomic E-state index is -0.661. The number of hydrogen-bond donors (Lipinski definition) is 1. The molecule has 0 saturated heterocycles. The second-order valence-corrected chi connectivity index (χ2v) is 5.49. The SMILES string of the molecule is CCOC(=O)c1ccc(NC2OC(=O)c3c2ccc(OC)c3OC)cc1. The average molecular weight is 357 g/mol. The van der Waals surface area contributed by atoms with Gasteiger partial charge in [-0.25, -0.2) is 9.59 Å². The number of anilines is 1. The van der Waals surface area contributed by atoms with E-state index in [2.05, 4.69) is 5.32 Å². The van der Waals surface area contributed by atoms with E-state index in [4.69, 9.17) is 18.9 Å². The average Bonchev–Trinajstić information content (AvgIpc) is 2.97. The van der Waals surface area contributed by atoms with Gasteiger partial charge in [-0.2, -0.15) is 0 Å². The summed E-state index contributed by atoms with van der Waals surface area (Å²) in [4.78, 5) is 24.0. The van der Waals surface area contributed by atoms with Gasteiger partial charge in [0.1, 0.15) is 5.56 Å². The lowest BCUT2D eigenvalue weighted by molar-refractivity contribution is 0.0434. The van der Waals surface area contributed by atoms with Gasteiger partial charge >= 0.3 is 11.9 Å². The molecule has 7 nitrogen and oxygen atoms in total. The lowest BCUT2D eigenvalue weighted by Crippen LogP contribution is -2.10. The largest absolute Gasteiger partial charge is 0.493 e. The van der Waals surface area contributed by atoms with Crippen LogP contribution in [0.25, 0.3) is 0 Å². The zero-order valence-electron chi connectivity index (χ0n) is 14.7. The van der Waals surface area contributed by atoms with Crippen LogP contribution in [0.1, 0.15) is 39.4 Å². The van der Waals surface area contributed by atoms with Crippen LogP contribution in [0.15, 0.2) is 36.4 Å². The van der Waals surface area contributed by atoms with Crippen molar-refractivity contribution in [1.29, 1.82) is 0 Å². The molecule has 0 saturated carbocycles. The van der Waals surface area contributed by atoms with Crippen LogP contribution in [0, 0.1) is 0 Å². The highest BCUT2D eigenvalue weighted by molar-refractivity contribution is 5.98. The number of methoxy groups -OCH3 is 2. The lowest BCUT2D eigenvalue weighted by Gasteiger charge is -2.15. The third-order valence-electron chi connectivity index (χ3n) is 3.98. The van der Waals surface area contributed by atoms with Crippen molar-refractivity contribution in [1.82, 2.24) is 0 Å². The highest BCUT2D eigenvalue weighted by atomic mass is 16.6. The van der Waals surface area contributed by atoms with Crippen LogP contribution in [-0.4, -0.2) is 32.8 Å². The zero-order chi connectivity index (χ0) is 18.7. The molecule has 0 bridgehead atoms. The summed E-state index contributed by atoms with van der Waals surface area (Å²) in [6, 6.07) is 10.2. The Morgan fingerprint density at radius 2 is 1.85 bits per heavy atom. The van der Waals surface area contributed by atoms with E-state index in [0.717, 1.165) is 0 Å². The van der Waals surface area contributed by atoms with Crippen LogP contribution in [0.2, 0.25) is 0 Å². The first-order chi connectivity index (χ1) is 12.6. The van der Waals surface area contributed by atoms with Crippen molar-refractivity contribution >= 4 is 17.6 Å². The van der Waals surface area contributed by atoms with Crippen LogP contribution < -0.4 is 14.8 Å². The van der Waals surface area contributed by atoms with Crippen LogP contribution in [0.5, 0.6) is 11.5 Å². The number of rotatable bonds is 6. The van der Waals surface area contributed by atoms with E-state index < -0.39 is 12.2 Å². The predicted octanol–water partition coefficient (Wildman–Crippen LogP) is 3.16. The van der Waals surface area contributed by atoms with E-state index in [-0.39, 0.29) is 5.97 Å². The van der Waals surface area contributed by atoms with Gasteiger partial charge in [0.25, 0.3) is 0 Å². The van der Waals surface area contributed by atoms with Crippen molar-refractivity contribution in [3.8, 4) is 11.5 Å². The molecule has 136 valence electrons. The molecule has 26 heavy (non-hydrogen) atoms. The molecule has 7 heteroatoms. The summed E-state index contributed by atoms with van der Waals surface area (Å²) in [5.74, 6) is -0.0653. The summed E-state index contributed by atoms with van der Waals surface area (Å²) in [7, 11) is 2.98. The van der Waals surface area contributed by atoms with Crippen molar-refractivity contribution in [3.63, 3.8) is 0 Å². The van der Waals surface area contributed by atoms with Gasteiger partial charge in [-0.1, -0.05) is 0 Å². The van der Waals surface area contributed by atoms with Crippen molar-refractivity contribution in [2.75, 3.05) is 26.1 Å². The first-order valence-electron chi connectivity index (χ1n) is 8.08. The van der Waals surface area contributed by atoms with Crippen LogP contribution in [0.4, 0.5) is 5.69 Å². The standard InChI is InChI=1S/C19H19NO6/c1-4-25-18(21)11-5-7-12(8-6-11)20-17-13-9-10-14(23-2)16(24-3)15(13)19(22)26-17/h5-10,17,20H,4H2,1-3H3. The molecule has 2 aromatic rings. The number of esters is 2. The van der Waals surface area contributed by atoms with Crippen molar-refractivity contribution < 1.29 is 28.5 Å². The van der Waals surface area contributed by atoms with E-state index in [0.29, 0.717) is 40.5 Å². The Morgan fingerprint density at radius 3 is 2.46 bits per heavy atom. The third kappa shape index (κ3) is 3.15. The van der Waals surface area contributed by atoms with Crippen LogP contribution in [0.3, 0.4) is 0 Å². The van der Waals surface area contributed by atoms with Gasteiger partial charge in [-0.3, -0.25) is 0 Å². The number of hydrogen-bond acceptors (Lipinski definition) is 7. The Labute approximate surface area is 150 Å². The van der Waals surface area contributed by atoms with Gasteiger partial charge < -0.3 is 24.3 Å². The number of benzene rings is 2. The molecule has 3 rings (SSSR count). The normalized spacial score (nSPS) is 15.0. The molecule has 1 atom stereocenters. The van der Waals surface area contributed by atoms with Crippen molar-refractivity contribution in [2.45, 2.75) is 13.2 Å². The highest BCUT2D eigenvalue weighted by Gasteiger charge is 2.35. The molecule has 2 aromatic carbocycles. The van der Waals surface area contributed by atoms with Crippen molar-refractivity contribution in [3.05, 3.63) is 53.1 Å². The van der Waals surface area contributed by atoms with Gasteiger partial charge in [0.2, 0.25) is 6.23 Å². The minimum absolute atomic E-state index is 0.318. The van der Waals surface area contributed by atoms with Gasteiger partial charge in [-0.05, 0) is 43.3 Å². The molecule has 1 aliphatic heterocycles. The van der Waals surface area contributed by atoms with Crippen LogP contribution in [-0.2, 0) is 9.47 Å². The minimum Gasteiger partial charge on any atom is -0.493 e. The quantitative estimate of drug-likeness (QED) is 0.795. The van der Waals surface area contributed by atoms with Gasteiger partial charge in [0.05, 0.1) is 26.4 Å². The first kappa shape index (κ1) is 17.6. The van der Waals surface area contributed by atoms with E-state index in [9.17, 15) is 9.59 Å². The van der Waals surface area contributed by atoms with E-state index in [1.165, 1.54) is 14.2 Å². The molecule has 0 spiro atoms. The Hall–Kier alpha value is -3.22. The lowest BCUT2D eigenvalue weighted by atomic mass is 10.1. The number of nitrogens with one attached hydrogen (secondary N) is 1. The first-order valence-corrected chi connectivity index (χ1v) is 8.08. The summed E-state index contributed by atoms with van der Waals surface area (Å²) >= 11 is 0. The zero-order valence-corrected chi connectivity index (χ0v) is 14.7. The Kier molecular flexibility index (Phi) is 4.97. The summed E-state index contributed by atoms with van der Waals surface area (Å²) in [5, 5.41) is 3.12. The molecule has 1 heterocycles. The van der Waals surface area contributed by atoms with Gasteiger partial charge in [-0.15, -0.1) is 0 Å². The summed E-state index contributed by atoms with van der Waals surface area (Å²) in [6.45, 7) is 2.07. The fraction of sp³-hybridized carbons (Fsp3) is 0.263. The topological polar surface area (TPSA) is 83.1 Å². The number of cyclic esters (lactones) is 1. The second kappa shape index (κ2) is 7.35. The fourth-order valence-electron chi connectivity index (χ4n) is 2.78. The molecule has 0 fully saturated rings. The number of carbonyl (C=O) groups is 2. The van der Waals surface area contributed by atoms with E-state index in [1.807, 2.05) is 0 Å². The molecule has 0 aliphatic carbocycles. The van der Waals surface area contributed by atoms with Gasteiger partial charge in [0.15, 0.2) is 11.5 Å². The molecule has 1 N–H and O–H groups in total. The fourth-order valence-corrected chi connectivity index (χ4v) is 2.78. The number of fused-ring (bicyclic) bond motifs is 1. The summed E-state index contributed by atoms with van der Waals surface area (Å²) < 4.78 is 20.9. The molecule has 0 aromatic heterocycles. The van der Waals surface area contributed by atoms with E-state index in [1.54, 1.807) is 43.3 Å². The second-order valence-electron chi connectivity index (χ2n) is 5.49. The number of ether oxygens (including phenoxy) is 4. The van der Waals surface area contributed by atoms with Crippen LogP contribution >= 0.6 is 0 Å². The third-order valence-corrected chi connectivity index (χ3v) is 3.98. The molecular weight excluding hydrogens is 338 g/mol. The predicted molar refractivity (Wildman–Crippen MR) is 93.7 cm³/mol. The molecule has 0 amide bonds. The molecule has 0 radical (unpaired) electrons. The maximum atomic E-state index is 12.3. The Bertz CT molecular complexity index is 831. The summed E-state index contributed by atoms with van der Waals surface area (Å²) in [6.07, 6.45) is -0.661. The molecule has 1 unspecified atom stereocenters. The Balaban J connectivity index is 1.83.